The largest absolute Gasteiger partial charge is 0.384 e. The summed E-state index contributed by atoms with van der Waals surface area (Å²) in [4.78, 5) is 57.1. The first-order chi connectivity index (χ1) is 16.8. The number of piperazine rings is 1. The summed E-state index contributed by atoms with van der Waals surface area (Å²) in [5, 5.41) is 0. The van der Waals surface area contributed by atoms with Gasteiger partial charge in [0.2, 0.25) is 5.91 Å². The summed E-state index contributed by atoms with van der Waals surface area (Å²) < 4.78 is 7.51. The molecule has 35 heavy (non-hydrogen) atoms. The molecule has 1 amide bonds. The molecule has 0 saturated carbocycles. The fourth-order valence-electron chi connectivity index (χ4n) is 4.45. The van der Waals surface area contributed by atoms with Gasteiger partial charge in [-0.05, 0) is 5.56 Å². The van der Waals surface area contributed by atoms with Crippen molar-refractivity contribution in [1.29, 1.82) is 0 Å². The summed E-state index contributed by atoms with van der Waals surface area (Å²) in [5.74, 6) is -0.478. The van der Waals surface area contributed by atoms with Crippen LogP contribution in [0.2, 0.25) is 0 Å². The number of rotatable bonds is 7. The normalized spacial score (nSPS) is 17.5. The molecule has 0 unspecified atom stereocenters. The zero-order valence-corrected chi connectivity index (χ0v) is 20.0. The second-order valence-corrected chi connectivity index (χ2v) is 8.95. The summed E-state index contributed by atoms with van der Waals surface area (Å²) in [6.45, 7) is 5.38. The van der Waals surface area contributed by atoms with E-state index in [0.717, 1.165) is 23.2 Å². The van der Waals surface area contributed by atoms with Crippen LogP contribution in [0.4, 0.5) is 5.82 Å². The van der Waals surface area contributed by atoms with E-state index >= 15 is 0 Å². The predicted octanol–water partition coefficient (Wildman–Crippen LogP) is -1.16. The third-order valence-corrected chi connectivity index (χ3v) is 6.60. The summed E-state index contributed by atoms with van der Waals surface area (Å²) in [6.07, 6.45) is 0. The molecular weight excluding hydrogens is 452 g/mol. The maximum Gasteiger partial charge on any atom is 0.332 e. The maximum absolute atomic E-state index is 13.2. The van der Waals surface area contributed by atoms with Crippen molar-refractivity contribution in [2.75, 3.05) is 71.3 Å². The minimum atomic E-state index is -0.693. The van der Waals surface area contributed by atoms with Gasteiger partial charge in [-0.2, -0.15) is 0 Å². The van der Waals surface area contributed by atoms with E-state index in [0.29, 0.717) is 45.9 Å². The number of amides is 1. The van der Waals surface area contributed by atoms with E-state index in [1.54, 1.807) is 0 Å². The minimum Gasteiger partial charge on any atom is -0.384 e. The fourth-order valence-corrected chi connectivity index (χ4v) is 4.45. The molecule has 11 nitrogen and oxygen atoms in total. The van der Waals surface area contributed by atoms with Crippen molar-refractivity contribution in [3.63, 3.8) is 0 Å². The summed E-state index contributed by atoms with van der Waals surface area (Å²) in [6, 6.07) is 9.24. The average Bonchev–Trinajstić information content (AvgIpc) is 2.87. The summed E-state index contributed by atoms with van der Waals surface area (Å²) >= 11 is 0. The molecule has 1 aromatic heterocycles. The van der Waals surface area contributed by atoms with Crippen molar-refractivity contribution in [1.82, 2.24) is 23.8 Å². The Morgan fingerprint density at radius 1 is 0.914 bits per heavy atom. The second kappa shape index (κ2) is 11.0. The van der Waals surface area contributed by atoms with Crippen LogP contribution in [0.1, 0.15) is 15.9 Å². The number of ketones is 1. The van der Waals surface area contributed by atoms with E-state index in [2.05, 4.69) is 4.90 Å². The Morgan fingerprint density at radius 3 is 2.20 bits per heavy atom. The minimum absolute atomic E-state index is 0.00548. The molecule has 0 bridgehead atoms. The highest BCUT2D eigenvalue weighted by Crippen LogP contribution is 2.11. The number of carbonyl (C=O) groups excluding carboxylic acids is 2. The lowest BCUT2D eigenvalue weighted by atomic mass is 10.1. The van der Waals surface area contributed by atoms with Gasteiger partial charge in [0.1, 0.15) is 11.4 Å². The lowest BCUT2D eigenvalue weighted by Crippen LogP contribution is -2.53. The van der Waals surface area contributed by atoms with Crippen LogP contribution < -0.4 is 17.0 Å². The molecule has 2 aliphatic rings. The highest BCUT2D eigenvalue weighted by molar-refractivity contribution is 6.01. The van der Waals surface area contributed by atoms with Crippen LogP contribution in [0, 0.1) is 0 Å². The van der Waals surface area contributed by atoms with Gasteiger partial charge in [0.05, 0.1) is 32.8 Å². The number of anilines is 1. The predicted molar refractivity (Wildman–Crippen MR) is 131 cm³/mol. The Balaban J connectivity index is 1.41. The zero-order valence-electron chi connectivity index (χ0n) is 20.0. The molecule has 2 fully saturated rings. The van der Waals surface area contributed by atoms with Crippen LogP contribution in [0.5, 0.6) is 0 Å². The summed E-state index contributed by atoms with van der Waals surface area (Å²) in [7, 11) is 1.35. The van der Waals surface area contributed by atoms with Gasteiger partial charge >= 0.3 is 5.69 Å². The smallest absolute Gasteiger partial charge is 0.332 e. The van der Waals surface area contributed by atoms with Crippen molar-refractivity contribution >= 4 is 17.5 Å². The Bertz CT molecular complexity index is 1180. The van der Waals surface area contributed by atoms with Gasteiger partial charge in [0, 0.05) is 46.3 Å². The van der Waals surface area contributed by atoms with E-state index in [1.807, 2.05) is 40.1 Å². The Labute approximate surface area is 203 Å². The van der Waals surface area contributed by atoms with Crippen LogP contribution in [0.15, 0.2) is 39.9 Å². The maximum atomic E-state index is 13.2. The first-order valence-corrected chi connectivity index (χ1v) is 11.8. The molecule has 2 aliphatic heterocycles. The monoisotopic (exact) mass is 484 g/mol. The number of nitrogen functional groups attached to an aromatic ring is 1. The molecule has 2 saturated heterocycles. The molecule has 0 radical (unpaired) electrons. The number of benzene rings is 1. The lowest BCUT2D eigenvalue weighted by molar-refractivity contribution is -0.135. The number of ether oxygens (including phenoxy) is 1. The lowest BCUT2D eigenvalue weighted by Gasteiger charge is -2.36. The molecule has 4 rings (SSSR count). The Morgan fingerprint density at radius 2 is 1.54 bits per heavy atom. The first kappa shape index (κ1) is 24.8. The third-order valence-electron chi connectivity index (χ3n) is 6.60. The fraction of sp³-hybridized carbons (Fsp3) is 0.500. The van der Waals surface area contributed by atoms with Gasteiger partial charge in [-0.25, -0.2) is 4.79 Å². The SMILES string of the molecule is Cn1c(=O)c(C(=O)CN2CCN(C(=O)CN3CCOCC3)CC2)c(N)n(Cc2ccccc2)c1=O. The van der Waals surface area contributed by atoms with Gasteiger partial charge < -0.3 is 15.4 Å². The quantitative estimate of drug-likeness (QED) is 0.488. The van der Waals surface area contributed by atoms with Crippen molar-refractivity contribution < 1.29 is 14.3 Å². The van der Waals surface area contributed by atoms with Crippen LogP contribution in [-0.4, -0.2) is 101 Å². The van der Waals surface area contributed by atoms with Gasteiger partial charge in [0.15, 0.2) is 5.78 Å². The number of Topliss-reactive ketones (excluding diaryl/α,β-unsaturated/α-hetero) is 1. The van der Waals surface area contributed by atoms with Crippen molar-refractivity contribution in [2.45, 2.75) is 6.54 Å². The van der Waals surface area contributed by atoms with E-state index < -0.39 is 17.0 Å². The first-order valence-electron chi connectivity index (χ1n) is 11.8. The molecule has 2 N–H and O–H groups in total. The van der Waals surface area contributed by atoms with Crippen LogP contribution in [-0.2, 0) is 23.1 Å². The molecule has 1 aromatic carbocycles. The van der Waals surface area contributed by atoms with Gasteiger partial charge in [-0.3, -0.25) is 33.3 Å². The molecule has 2 aromatic rings. The average molecular weight is 485 g/mol. The second-order valence-electron chi connectivity index (χ2n) is 8.95. The number of nitrogens with zero attached hydrogens (tertiary/aromatic N) is 5. The molecule has 3 heterocycles. The van der Waals surface area contributed by atoms with Crippen LogP contribution in [0.3, 0.4) is 0 Å². The number of hydrogen-bond acceptors (Lipinski definition) is 8. The number of morpholine rings is 1. The van der Waals surface area contributed by atoms with Crippen molar-refractivity contribution in [2.24, 2.45) is 7.05 Å². The van der Waals surface area contributed by atoms with E-state index in [4.69, 9.17) is 10.5 Å². The highest BCUT2D eigenvalue weighted by Gasteiger charge is 2.27. The van der Waals surface area contributed by atoms with Gasteiger partial charge in [-0.1, -0.05) is 30.3 Å². The topological polar surface area (TPSA) is 123 Å². The molecule has 0 aliphatic carbocycles. The number of hydrogen-bond donors (Lipinski definition) is 1. The molecule has 0 atom stereocenters. The highest BCUT2D eigenvalue weighted by atomic mass is 16.5. The van der Waals surface area contributed by atoms with E-state index in [9.17, 15) is 19.2 Å². The van der Waals surface area contributed by atoms with Crippen LogP contribution in [0.25, 0.3) is 0 Å². The third kappa shape index (κ3) is 5.69. The molecule has 188 valence electrons. The number of nitrogens with two attached hydrogens (primary N) is 1. The zero-order chi connectivity index (χ0) is 24.9. The van der Waals surface area contributed by atoms with Gasteiger partial charge in [0.25, 0.3) is 5.56 Å². The molecular formula is C24H32N6O5. The Hall–Kier alpha value is -3.28. The Kier molecular flexibility index (Phi) is 7.79. The van der Waals surface area contributed by atoms with E-state index in [1.165, 1.54) is 11.6 Å². The number of carbonyl (C=O) groups is 2. The van der Waals surface area contributed by atoms with E-state index in [-0.39, 0.29) is 30.4 Å². The number of aromatic nitrogens is 2. The molecule has 11 heteroatoms. The standard InChI is InChI=1S/C24H32N6O5/c1-26-23(33)21(22(25)30(24(26)34)15-18-5-3-2-4-6-18)19(31)16-27-7-9-29(10-8-27)20(32)17-28-11-13-35-14-12-28/h2-6H,7-17,25H2,1H3. The van der Waals surface area contributed by atoms with Gasteiger partial charge in [-0.15, -0.1) is 0 Å². The van der Waals surface area contributed by atoms with Crippen molar-refractivity contribution in [3.8, 4) is 0 Å². The summed E-state index contributed by atoms with van der Waals surface area (Å²) in [5.41, 5.74) is 5.60. The molecule has 0 spiro atoms. The van der Waals surface area contributed by atoms with Crippen molar-refractivity contribution in [3.05, 3.63) is 62.3 Å². The van der Waals surface area contributed by atoms with Crippen LogP contribution >= 0.6 is 0 Å².